The minimum absolute atomic E-state index is 0.232. The van der Waals surface area contributed by atoms with E-state index in [2.05, 4.69) is 34.8 Å². The van der Waals surface area contributed by atoms with E-state index in [9.17, 15) is 0 Å². The predicted molar refractivity (Wildman–Crippen MR) is 144 cm³/mol. The molecule has 7 rings (SSSR count). The number of aromatic amines is 1. The number of nitrogens with one attached hydrogen (secondary N) is 1. The zero-order valence-corrected chi connectivity index (χ0v) is 21.8. The number of ether oxygens (including phenoxy) is 2. The van der Waals surface area contributed by atoms with Crippen LogP contribution in [0.1, 0.15) is 30.8 Å². The molecule has 4 aromatic heterocycles. The molecule has 0 radical (unpaired) electrons. The van der Waals surface area contributed by atoms with E-state index >= 15 is 0 Å². The van der Waals surface area contributed by atoms with Crippen molar-refractivity contribution in [2.45, 2.75) is 43.3 Å². The molecular formula is C26H26N6O2S2. The Morgan fingerprint density at radius 2 is 1.97 bits per heavy atom. The third-order valence-electron chi connectivity index (χ3n) is 6.87. The zero-order chi connectivity index (χ0) is 24.3. The summed E-state index contributed by atoms with van der Waals surface area (Å²) in [5.41, 5.74) is 5.31. The number of nitrogens with zero attached hydrogens (tertiary/aromatic N) is 5. The molecule has 2 aliphatic rings. The Kier molecular flexibility index (Phi) is 5.39. The minimum atomic E-state index is -0.232. The molecule has 10 heteroatoms. The fraction of sp³-hybridized carbons (Fsp3) is 0.385. The Morgan fingerprint density at radius 3 is 2.83 bits per heavy atom. The highest BCUT2D eigenvalue weighted by atomic mass is 32.2. The maximum absolute atomic E-state index is 6.26. The van der Waals surface area contributed by atoms with Crippen molar-refractivity contribution in [3.8, 4) is 0 Å². The average molecular weight is 519 g/mol. The van der Waals surface area contributed by atoms with Crippen LogP contribution in [0.5, 0.6) is 0 Å². The van der Waals surface area contributed by atoms with Crippen LogP contribution in [0, 0.1) is 0 Å². The lowest BCUT2D eigenvalue weighted by atomic mass is 9.90. The number of hydrogen-bond donors (Lipinski definition) is 1. The van der Waals surface area contributed by atoms with Crippen LogP contribution < -0.4 is 4.90 Å². The Balaban J connectivity index is 1.33. The van der Waals surface area contributed by atoms with Gasteiger partial charge in [-0.15, -0.1) is 11.3 Å². The number of pyridine rings is 1. The van der Waals surface area contributed by atoms with Gasteiger partial charge in [-0.25, -0.2) is 19.9 Å². The van der Waals surface area contributed by atoms with Crippen molar-refractivity contribution in [2.75, 3.05) is 31.2 Å². The molecule has 0 atom stereocenters. The number of rotatable bonds is 4. The van der Waals surface area contributed by atoms with E-state index in [0.717, 1.165) is 80.9 Å². The van der Waals surface area contributed by atoms with Crippen LogP contribution in [-0.2, 0) is 28.3 Å². The van der Waals surface area contributed by atoms with Crippen molar-refractivity contribution in [2.24, 2.45) is 0 Å². The number of anilines is 1. The number of fused-ring (bicyclic) bond motifs is 6. The number of para-hydroxylation sites is 2. The van der Waals surface area contributed by atoms with Gasteiger partial charge in [0.25, 0.3) is 0 Å². The summed E-state index contributed by atoms with van der Waals surface area (Å²) in [7, 11) is 0. The molecule has 0 saturated carbocycles. The first kappa shape index (κ1) is 22.4. The molecule has 184 valence electrons. The maximum atomic E-state index is 6.26. The van der Waals surface area contributed by atoms with Crippen molar-refractivity contribution in [3.63, 3.8) is 0 Å². The minimum Gasteiger partial charge on any atom is -0.378 e. The van der Waals surface area contributed by atoms with Gasteiger partial charge in [0, 0.05) is 30.5 Å². The second kappa shape index (κ2) is 8.65. The van der Waals surface area contributed by atoms with Gasteiger partial charge in [0.05, 0.1) is 52.4 Å². The van der Waals surface area contributed by atoms with Crippen LogP contribution in [0.25, 0.3) is 31.5 Å². The smallest absolute Gasteiger partial charge is 0.136 e. The molecule has 0 bridgehead atoms. The fourth-order valence-electron chi connectivity index (χ4n) is 5.12. The highest BCUT2D eigenvalue weighted by molar-refractivity contribution is 7.98. The Bertz CT molecular complexity index is 1570. The highest BCUT2D eigenvalue weighted by Crippen LogP contribution is 2.44. The number of hydrogen-bond acceptors (Lipinski definition) is 9. The van der Waals surface area contributed by atoms with Crippen molar-refractivity contribution in [1.29, 1.82) is 0 Å². The lowest BCUT2D eigenvalue weighted by Gasteiger charge is -2.36. The summed E-state index contributed by atoms with van der Waals surface area (Å²) in [6.45, 7) is 8.02. The molecule has 1 N–H and O–H groups in total. The standard InChI is InChI=1S/C26H26N6O2S2/c1-26(2)11-15-16(12-34-26)23(32-7-9-33-10-8-32)31-24-20(15)21-22(36-24)25(28-14-27-21)35-13-19-29-17-5-3-4-6-18(17)30-19/h3-6,14H,7-13H2,1-2H3,(H,29,30). The number of thiophene rings is 1. The molecule has 0 unspecified atom stereocenters. The van der Waals surface area contributed by atoms with Gasteiger partial charge >= 0.3 is 0 Å². The van der Waals surface area contributed by atoms with Gasteiger partial charge < -0.3 is 19.4 Å². The number of thioether (sulfide) groups is 1. The van der Waals surface area contributed by atoms with Crippen LogP contribution in [0.3, 0.4) is 0 Å². The van der Waals surface area contributed by atoms with Crippen LogP contribution >= 0.6 is 23.1 Å². The first-order valence-corrected chi connectivity index (χ1v) is 14.0. The van der Waals surface area contributed by atoms with Gasteiger partial charge in [-0.3, -0.25) is 0 Å². The van der Waals surface area contributed by atoms with Crippen LogP contribution in [0.2, 0.25) is 0 Å². The van der Waals surface area contributed by atoms with Gasteiger partial charge in [-0.05, 0) is 31.5 Å². The zero-order valence-electron chi connectivity index (χ0n) is 20.2. The second-order valence-electron chi connectivity index (χ2n) is 9.85. The number of H-pyrrole nitrogens is 1. The number of imidazole rings is 1. The number of morpholine rings is 1. The van der Waals surface area contributed by atoms with Gasteiger partial charge in [-0.2, -0.15) is 0 Å². The predicted octanol–water partition coefficient (Wildman–Crippen LogP) is 5.10. The largest absolute Gasteiger partial charge is 0.378 e. The van der Waals surface area contributed by atoms with Gasteiger partial charge in [-0.1, -0.05) is 23.9 Å². The normalized spacial score (nSPS) is 17.8. The summed E-state index contributed by atoms with van der Waals surface area (Å²) in [4.78, 5) is 26.1. The topological polar surface area (TPSA) is 89.1 Å². The van der Waals surface area contributed by atoms with Crippen LogP contribution in [0.15, 0.2) is 35.6 Å². The van der Waals surface area contributed by atoms with Crippen molar-refractivity contribution in [3.05, 3.63) is 47.5 Å². The summed E-state index contributed by atoms with van der Waals surface area (Å²) in [5, 5.41) is 2.13. The maximum Gasteiger partial charge on any atom is 0.136 e. The first-order valence-electron chi connectivity index (χ1n) is 12.2. The van der Waals surface area contributed by atoms with E-state index in [1.807, 2.05) is 18.2 Å². The molecular weight excluding hydrogens is 492 g/mol. The molecule has 1 aromatic carbocycles. The average Bonchev–Trinajstić information content (AvgIpc) is 3.48. The van der Waals surface area contributed by atoms with E-state index < -0.39 is 0 Å². The fourth-order valence-corrected chi connectivity index (χ4v) is 7.22. The Hall–Kier alpha value is -2.79. The Morgan fingerprint density at radius 1 is 1.11 bits per heavy atom. The van der Waals surface area contributed by atoms with E-state index in [4.69, 9.17) is 24.4 Å². The van der Waals surface area contributed by atoms with E-state index in [1.54, 1.807) is 29.4 Å². The molecule has 0 aliphatic carbocycles. The summed E-state index contributed by atoms with van der Waals surface area (Å²) in [5.74, 6) is 2.69. The lowest BCUT2D eigenvalue weighted by Crippen LogP contribution is -2.39. The molecule has 1 saturated heterocycles. The quantitative estimate of drug-likeness (QED) is 0.260. The first-order chi connectivity index (χ1) is 17.6. The van der Waals surface area contributed by atoms with E-state index in [-0.39, 0.29) is 5.60 Å². The van der Waals surface area contributed by atoms with Gasteiger partial charge in [0.1, 0.15) is 27.8 Å². The molecule has 2 aliphatic heterocycles. The SMILES string of the molecule is CC1(C)Cc2c(c(N3CCOCC3)nc3sc4c(SCc5nc6ccccc6[nH]5)ncnc4c23)CO1. The molecule has 8 nitrogen and oxygen atoms in total. The van der Waals surface area contributed by atoms with Crippen molar-refractivity contribution >= 4 is 60.4 Å². The number of benzene rings is 1. The molecule has 0 spiro atoms. The van der Waals surface area contributed by atoms with Crippen molar-refractivity contribution in [1.82, 2.24) is 24.9 Å². The molecule has 6 heterocycles. The monoisotopic (exact) mass is 518 g/mol. The molecule has 1 fully saturated rings. The van der Waals surface area contributed by atoms with Crippen LogP contribution in [0.4, 0.5) is 5.82 Å². The Labute approximate surface area is 216 Å². The summed E-state index contributed by atoms with van der Waals surface area (Å²) >= 11 is 3.38. The third-order valence-corrected chi connectivity index (χ3v) is 9.08. The molecule has 0 amide bonds. The van der Waals surface area contributed by atoms with Crippen molar-refractivity contribution < 1.29 is 9.47 Å². The summed E-state index contributed by atoms with van der Waals surface area (Å²) < 4.78 is 13.0. The number of aromatic nitrogens is 5. The van der Waals surface area contributed by atoms with Crippen LogP contribution in [-0.4, -0.2) is 56.8 Å². The summed E-state index contributed by atoms with van der Waals surface area (Å²) in [6, 6.07) is 8.11. The summed E-state index contributed by atoms with van der Waals surface area (Å²) in [6.07, 6.45) is 2.51. The van der Waals surface area contributed by atoms with E-state index in [1.165, 1.54) is 11.1 Å². The second-order valence-corrected chi connectivity index (χ2v) is 11.8. The van der Waals surface area contributed by atoms with Gasteiger partial charge in [0.15, 0.2) is 0 Å². The van der Waals surface area contributed by atoms with Gasteiger partial charge in [0.2, 0.25) is 0 Å². The lowest BCUT2D eigenvalue weighted by molar-refractivity contribution is -0.0396. The molecule has 5 aromatic rings. The highest BCUT2D eigenvalue weighted by Gasteiger charge is 2.33. The third kappa shape index (κ3) is 3.83. The molecule has 36 heavy (non-hydrogen) atoms. The van der Waals surface area contributed by atoms with E-state index in [0.29, 0.717) is 12.4 Å².